The lowest BCUT2D eigenvalue weighted by Gasteiger charge is -2.15. The predicted molar refractivity (Wildman–Crippen MR) is 107 cm³/mol. The molecule has 0 aliphatic carbocycles. The molecule has 3 N–H and O–H groups in total. The lowest BCUT2D eigenvalue weighted by atomic mass is 10.1. The molecule has 4 rings (SSSR count). The van der Waals surface area contributed by atoms with E-state index in [0.717, 1.165) is 16.6 Å². The first-order valence-corrected chi connectivity index (χ1v) is 8.81. The van der Waals surface area contributed by atoms with Crippen molar-refractivity contribution in [2.24, 2.45) is 0 Å². The molecule has 0 unspecified atom stereocenters. The summed E-state index contributed by atoms with van der Waals surface area (Å²) in [7, 11) is 0. The van der Waals surface area contributed by atoms with Crippen LogP contribution in [0.25, 0.3) is 16.7 Å². The number of hydrogen-bond acceptors (Lipinski definition) is 7. The highest BCUT2D eigenvalue weighted by atomic mass is 35.5. The first kappa shape index (κ1) is 17.7. The summed E-state index contributed by atoms with van der Waals surface area (Å²) in [6.45, 7) is 1.95. The molecule has 0 amide bonds. The average Bonchev–Trinajstić information content (AvgIpc) is 3.10. The zero-order valence-electron chi connectivity index (χ0n) is 14.8. The van der Waals surface area contributed by atoms with E-state index in [2.05, 4.69) is 25.3 Å². The molecule has 138 valence electrons. The maximum absolute atomic E-state index is 9.36. The van der Waals surface area contributed by atoms with Gasteiger partial charge in [-0.05, 0) is 25.1 Å². The normalized spacial score (nSPS) is 11.9. The molecule has 0 bridgehead atoms. The van der Waals surface area contributed by atoms with Crippen molar-refractivity contribution in [2.75, 3.05) is 11.1 Å². The monoisotopic (exact) mass is 390 g/mol. The smallest absolute Gasteiger partial charge is 0.150 e. The third-order valence-corrected chi connectivity index (χ3v) is 4.71. The second kappa shape index (κ2) is 7.13. The molecule has 4 aromatic heterocycles. The minimum atomic E-state index is -0.233. The van der Waals surface area contributed by atoms with E-state index in [1.165, 1.54) is 6.33 Å². The lowest BCUT2D eigenvalue weighted by molar-refractivity contribution is 0.873. The number of nitrogens with one attached hydrogen (secondary N) is 1. The number of nitrogen functional groups attached to an aromatic ring is 1. The second-order valence-electron chi connectivity index (χ2n) is 6.12. The Kier molecular flexibility index (Phi) is 4.51. The molecule has 4 aromatic rings. The Bertz CT molecular complexity index is 1200. The van der Waals surface area contributed by atoms with Gasteiger partial charge in [-0.25, -0.2) is 15.0 Å². The van der Waals surface area contributed by atoms with Crippen LogP contribution in [0.15, 0.2) is 49.3 Å². The average molecular weight is 391 g/mol. The molecule has 0 saturated carbocycles. The van der Waals surface area contributed by atoms with Gasteiger partial charge in [0, 0.05) is 29.5 Å². The molecule has 4 heterocycles. The van der Waals surface area contributed by atoms with Crippen LogP contribution in [0.2, 0.25) is 5.02 Å². The number of aromatic nitrogens is 5. The molecule has 0 radical (unpaired) electrons. The Morgan fingerprint density at radius 3 is 2.86 bits per heavy atom. The fourth-order valence-electron chi connectivity index (χ4n) is 3.07. The third kappa shape index (κ3) is 2.98. The highest BCUT2D eigenvalue weighted by Gasteiger charge is 2.20. The summed E-state index contributed by atoms with van der Waals surface area (Å²) in [6, 6.07) is 7.35. The van der Waals surface area contributed by atoms with E-state index in [1.807, 2.05) is 35.9 Å². The summed E-state index contributed by atoms with van der Waals surface area (Å²) in [5, 5.41) is 14.0. The number of nitrogens with zero attached hydrogens (tertiary/aromatic N) is 6. The molecule has 28 heavy (non-hydrogen) atoms. The second-order valence-corrected chi connectivity index (χ2v) is 6.52. The molecule has 9 heteroatoms. The Labute approximate surface area is 165 Å². The van der Waals surface area contributed by atoms with Crippen molar-refractivity contribution in [3.8, 4) is 11.8 Å². The molecule has 0 fully saturated rings. The topological polar surface area (TPSA) is 118 Å². The van der Waals surface area contributed by atoms with Crippen LogP contribution in [-0.2, 0) is 0 Å². The van der Waals surface area contributed by atoms with Gasteiger partial charge in [-0.15, -0.1) is 0 Å². The van der Waals surface area contributed by atoms with Crippen molar-refractivity contribution >= 4 is 34.3 Å². The number of hydrogen-bond donors (Lipinski definition) is 2. The number of rotatable bonds is 4. The summed E-state index contributed by atoms with van der Waals surface area (Å²) in [4.78, 5) is 16.7. The standard InChI is InChI=1S/C19H15ClN8/c1-11(27-18-13(7-21)17(22)25-10-26-18)14-9-28(12-3-2-5-23-8-12)19-16(14)15(20)4-6-24-19/h2-6,8-11H,1H3,(H3,22,25,26,27)/t11-/m0/s1. The van der Waals surface area contributed by atoms with Gasteiger partial charge in [-0.1, -0.05) is 11.6 Å². The number of pyridine rings is 2. The van der Waals surface area contributed by atoms with Gasteiger partial charge in [-0.2, -0.15) is 5.26 Å². The Hall–Kier alpha value is -3.70. The third-order valence-electron chi connectivity index (χ3n) is 4.40. The number of halogens is 1. The number of nitrogens with two attached hydrogens (primary N) is 1. The van der Waals surface area contributed by atoms with Crippen LogP contribution in [0.4, 0.5) is 11.6 Å². The lowest BCUT2D eigenvalue weighted by Crippen LogP contribution is -2.11. The molecule has 1 atom stereocenters. The van der Waals surface area contributed by atoms with Crippen molar-refractivity contribution in [1.29, 1.82) is 5.26 Å². The van der Waals surface area contributed by atoms with Crippen LogP contribution in [-0.4, -0.2) is 24.5 Å². The van der Waals surface area contributed by atoms with Gasteiger partial charge >= 0.3 is 0 Å². The minimum Gasteiger partial charge on any atom is -0.382 e. The van der Waals surface area contributed by atoms with Crippen LogP contribution in [0.1, 0.15) is 24.1 Å². The van der Waals surface area contributed by atoms with Crippen LogP contribution in [0.5, 0.6) is 0 Å². The molecule has 0 aromatic carbocycles. The van der Waals surface area contributed by atoms with Gasteiger partial charge in [0.05, 0.1) is 22.9 Å². The summed E-state index contributed by atoms with van der Waals surface area (Å²) in [5.41, 5.74) is 8.47. The molecule has 0 aliphatic rings. The molecular weight excluding hydrogens is 376 g/mol. The van der Waals surface area contributed by atoms with Crippen LogP contribution in [0.3, 0.4) is 0 Å². The molecular formula is C19H15ClN8. The van der Waals surface area contributed by atoms with Crippen molar-refractivity contribution in [2.45, 2.75) is 13.0 Å². The van der Waals surface area contributed by atoms with E-state index in [0.29, 0.717) is 16.5 Å². The first-order chi connectivity index (χ1) is 13.6. The van der Waals surface area contributed by atoms with Crippen molar-refractivity contribution in [3.05, 3.63) is 65.5 Å². The van der Waals surface area contributed by atoms with Crippen LogP contribution >= 0.6 is 11.6 Å². The van der Waals surface area contributed by atoms with E-state index >= 15 is 0 Å². The van der Waals surface area contributed by atoms with E-state index < -0.39 is 0 Å². The summed E-state index contributed by atoms with van der Waals surface area (Å²) < 4.78 is 1.93. The van der Waals surface area contributed by atoms with Gasteiger partial charge in [0.25, 0.3) is 0 Å². The highest BCUT2D eigenvalue weighted by molar-refractivity contribution is 6.35. The van der Waals surface area contributed by atoms with Gasteiger partial charge in [-0.3, -0.25) is 9.55 Å². The summed E-state index contributed by atoms with van der Waals surface area (Å²) in [6.07, 6.45) is 8.40. The Morgan fingerprint density at radius 2 is 2.11 bits per heavy atom. The van der Waals surface area contributed by atoms with Crippen molar-refractivity contribution < 1.29 is 0 Å². The highest BCUT2D eigenvalue weighted by Crippen LogP contribution is 2.34. The van der Waals surface area contributed by atoms with Crippen molar-refractivity contribution in [3.63, 3.8) is 0 Å². The van der Waals surface area contributed by atoms with E-state index in [4.69, 9.17) is 17.3 Å². The van der Waals surface area contributed by atoms with E-state index in [1.54, 1.807) is 24.7 Å². The maximum atomic E-state index is 9.36. The number of fused-ring (bicyclic) bond motifs is 1. The summed E-state index contributed by atoms with van der Waals surface area (Å²) >= 11 is 6.50. The fraction of sp³-hybridized carbons (Fsp3) is 0.105. The molecule has 0 spiro atoms. The SMILES string of the molecule is C[C@H](Nc1ncnc(N)c1C#N)c1cn(-c2cccnc2)c2nccc(Cl)c12. The Balaban J connectivity index is 1.83. The van der Waals surface area contributed by atoms with Gasteiger partial charge < -0.3 is 11.1 Å². The van der Waals surface area contributed by atoms with E-state index in [9.17, 15) is 5.26 Å². The van der Waals surface area contributed by atoms with Gasteiger partial charge in [0.1, 0.15) is 35.2 Å². The molecule has 0 aliphatic heterocycles. The van der Waals surface area contributed by atoms with E-state index in [-0.39, 0.29) is 17.4 Å². The van der Waals surface area contributed by atoms with Crippen LogP contribution in [0, 0.1) is 11.3 Å². The molecule has 0 saturated heterocycles. The van der Waals surface area contributed by atoms with Gasteiger partial charge in [0.2, 0.25) is 0 Å². The van der Waals surface area contributed by atoms with Crippen LogP contribution < -0.4 is 11.1 Å². The zero-order valence-corrected chi connectivity index (χ0v) is 15.6. The quantitative estimate of drug-likeness (QED) is 0.547. The first-order valence-electron chi connectivity index (χ1n) is 8.43. The number of anilines is 2. The zero-order chi connectivity index (χ0) is 19.7. The Morgan fingerprint density at radius 1 is 1.25 bits per heavy atom. The fourth-order valence-corrected chi connectivity index (χ4v) is 3.32. The van der Waals surface area contributed by atoms with Crippen molar-refractivity contribution in [1.82, 2.24) is 24.5 Å². The minimum absolute atomic E-state index is 0.129. The molecule has 8 nitrogen and oxygen atoms in total. The summed E-state index contributed by atoms with van der Waals surface area (Å²) in [5.74, 6) is 0.495. The number of nitriles is 1. The maximum Gasteiger partial charge on any atom is 0.150 e. The van der Waals surface area contributed by atoms with Gasteiger partial charge in [0.15, 0.2) is 0 Å². The predicted octanol–water partition coefficient (Wildman–Crippen LogP) is 3.49. The largest absolute Gasteiger partial charge is 0.382 e.